The van der Waals surface area contributed by atoms with Gasteiger partial charge in [-0.25, -0.2) is 10.2 Å². The Morgan fingerprint density at radius 1 is 1.03 bits per heavy atom. The van der Waals surface area contributed by atoms with E-state index in [1.54, 1.807) is 41.5 Å². The van der Waals surface area contributed by atoms with E-state index >= 15 is 0 Å². The van der Waals surface area contributed by atoms with Gasteiger partial charge in [0.25, 0.3) is 5.56 Å². The summed E-state index contributed by atoms with van der Waals surface area (Å²) in [6.45, 7) is 0.238. The van der Waals surface area contributed by atoms with Gasteiger partial charge in [0.05, 0.1) is 11.3 Å². The molecule has 180 valence electrons. The third-order valence-corrected chi connectivity index (χ3v) is 7.17. The highest BCUT2D eigenvalue weighted by Crippen LogP contribution is 2.23. The number of rotatable bonds is 10. The second kappa shape index (κ2) is 12.0. The van der Waals surface area contributed by atoms with Crippen molar-refractivity contribution in [2.75, 3.05) is 11.5 Å². The molecule has 1 atom stereocenters. The van der Waals surface area contributed by atoms with Crippen molar-refractivity contribution in [2.24, 2.45) is 5.92 Å². The lowest BCUT2D eigenvalue weighted by Gasteiger charge is -2.15. The second-order valence-corrected chi connectivity index (χ2v) is 9.71. The van der Waals surface area contributed by atoms with Crippen LogP contribution in [0.1, 0.15) is 12.0 Å². The summed E-state index contributed by atoms with van der Waals surface area (Å²) < 4.78 is 1.27. The van der Waals surface area contributed by atoms with E-state index in [4.69, 9.17) is 16.8 Å². The zero-order valence-corrected chi connectivity index (χ0v) is 20.5. The summed E-state index contributed by atoms with van der Waals surface area (Å²) in [5, 5.41) is 18.4. The smallest absolute Gasteiger partial charge is 0.277 e. The summed E-state index contributed by atoms with van der Waals surface area (Å²) in [6, 6.07) is 23.2. The molecule has 1 amide bonds. The Labute approximate surface area is 212 Å². The fraction of sp³-hybridized carbons (Fsp3) is 0.231. The van der Waals surface area contributed by atoms with Crippen LogP contribution in [0.2, 0.25) is 5.02 Å². The number of aryl methyl sites for hydroxylation is 2. The van der Waals surface area contributed by atoms with Crippen LogP contribution in [-0.2, 0) is 17.8 Å². The third-order valence-electron chi connectivity index (χ3n) is 5.79. The number of carbonyl (C=O) groups is 1. The van der Waals surface area contributed by atoms with Gasteiger partial charge in [-0.15, -0.1) is 5.10 Å². The van der Waals surface area contributed by atoms with Crippen molar-refractivity contribution < 1.29 is 10.0 Å². The Bertz CT molecular complexity index is 1340. The average molecular weight is 509 g/mol. The number of benzene rings is 3. The fourth-order valence-electron chi connectivity index (χ4n) is 3.75. The molecule has 0 aliphatic carbocycles. The minimum atomic E-state index is -0.466. The lowest BCUT2D eigenvalue weighted by Crippen LogP contribution is -2.32. The van der Waals surface area contributed by atoms with E-state index in [1.807, 2.05) is 24.3 Å². The maximum atomic E-state index is 12.6. The molecule has 0 spiro atoms. The number of amides is 1. The van der Waals surface area contributed by atoms with Gasteiger partial charge in [-0.3, -0.25) is 14.8 Å². The van der Waals surface area contributed by atoms with Crippen LogP contribution < -0.4 is 11.0 Å². The molecule has 2 N–H and O–H groups in total. The Balaban J connectivity index is 1.29. The number of thioether (sulfide) groups is 1. The first kappa shape index (κ1) is 24.9. The quantitative estimate of drug-likeness (QED) is 0.184. The molecule has 0 saturated carbocycles. The van der Waals surface area contributed by atoms with Crippen LogP contribution >= 0.6 is 23.4 Å². The van der Waals surface area contributed by atoms with Crippen molar-refractivity contribution >= 4 is 40.2 Å². The number of hydrogen-bond acceptors (Lipinski definition) is 6. The molecule has 0 aliphatic heterocycles. The van der Waals surface area contributed by atoms with Crippen molar-refractivity contribution in [3.05, 3.63) is 93.7 Å². The normalized spacial score (nSPS) is 11.9. The average Bonchev–Trinajstić information content (AvgIpc) is 2.90. The maximum Gasteiger partial charge on any atom is 0.277 e. The molecule has 4 rings (SSSR count). The van der Waals surface area contributed by atoms with Gasteiger partial charge in [-0.1, -0.05) is 65.3 Å². The molecule has 35 heavy (non-hydrogen) atoms. The molecule has 1 unspecified atom stereocenters. The summed E-state index contributed by atoms with van der Waals surface area (Å²) in [4.78, 5) is 24.8. The van der Waals surface area contributed by atoms with Crippen LogP contribution in [0.25, 0.3) is 22.0 Å². The van der Waals surface area contributed by atoms with Gasteiger partial charge in [0.1, 0.15) is 5.52 Å². The number of halogens is 1. The molecule has 7 nitrogen and oxygen atoms in total. The monoisotopic (exact) mass is 508 g/mol. The molecule has 0 radical (unpaired) electrons. The molecule has 1 aromatic heterocycles. The number of carbonyl (C=O) groups excluding carboxylic acids is 1. The van der Waals surface area contributed by atoms with Crippen LogP contribution in [0.15, 0.2) is 77.6 Å². The molecule has 0 aliphatic rings. The standard InChI is InChI=1S/C26H25ClN4O3S/c27-22-11-9-20(10-12-22)19-7-5-18(6-8-19)14-16-35-17-21(25(32)29-34)13-15-31-26(33)23-3-1-2-4-24(23)28-30-31/h1-12,21,34H,13-17H2,(H,29,32). The van der Waals surface area contributed by atoms with Crippen molar-refractivity contribution in [2.45, 2.75) is 19.4 Å². The minimum absolute atomic E-state index is 0.238. The summed E-state index contributed by atoms with van der Waals surface area (Å²) in [7, 11) is 0. The van der Waals surface area contributed by atoms with E-state index in [0.29, 0.717) is 28.1 Å². The minimum Gasteiger partial charge on any atom is -0.289 e. The van der Waals surface area contributed by atoms with Gasteiger partial charge >= 0.3 is 0 Å². The number of aromatic nitrogens is 3. The highest BCUT2D eigenvalue weighted by molar-refractivity contribution is 7.99. The van der Waals surface area contributed by atoms with E-state index in [1.165, 1.54) is 10.2 Å². The zero-order chi connectivity index (χ0) is 24.6. The van der Waals surface area contributed by atoms with Crippen LogP contribution in [0.3, 0.4) is 0 Å². The molecule has 4 aromatic rings. The lowest BCUT2D eigenvalue weighted by atomic mass is 10.0. The molecular formula is C26H25ClN4O3S. The highest BCUT2D eigenvalue weighted by atomic mass is 35.5. The summed E-state index contributed by atoms with van der Waals surface area (Å²) in [5.41, 5.74) is 5.49. The number of hydrogen-bond donors (Lipinski definition) is 2. The maximum absolute atomic E-state index is 12.6. The van der Waals surface area contributed by atoms with E-state index in [9.17, 15) is 9.59 Å². The van der Waals surface area contributed by atoms with E-state index in [0.717, 1.165) is 23.3 Å². The van der Waals surface area contributed by atoms with Crippen molar-refractivity contribution in [3.8, 4) is 11.1 Å². The SMILES string of the molecule is O=C(NO)C(CCn1nnc2ccccc2c1=O)CSCCc1ccc(-c2ccc(Cl)cc2)cc1. The van der Waals surface area contributed by atoms with E-state index < -0.39 is 11.8 Å². The first-order valence-electron chi connectivity index (χ1n) is 11.2. The second-order valence-electron chi connectivity index (χ2n) is 8.13. The van der Waals surface area contributed by atoms with E-state index in [2.05, 4.69) is 34.6 Å². The molecule has 1 heterocycles. The predicted octanol–water partition coefficient (Wildman–Crippen LogP) is 4.60. The number of fused-ring (bicyclic) bond motifs is 1. The topological polar surface area (TPSA) is 97.1 Å². The zero-order valence-electron chi connectivity index (χ0n) is 18.9. The Kier molecular flexibility index (Phi) is 8.52. The first-order valence-corrected chi connectivity index (χ1v) is 12.8. The Hall–Kier alpha value is -3.20. The van der Waals surface area contributed by atoms with Crippen LogP contribution in [0.5, 0.6) is 0 Å². The molecule has 3 aromatic carbocycles. The molecule has 0 fully saturated rings. The molecular weight excluding hydrogens is 484 g/mol. The number of nitrogens with zero attached hydrogens (tertiary/aromatic N) is 3. The number of nitrogens with one attached hydrogen (secondary N) is 1. The summed E-state index contributed by atoms with van der Waals surface area (Å²) in [6.07, 6.45) is 1.22. The third kappa shape index (κ3) is 6.48. The molecule has 0 saturated heterocycles. The lowest BCUT2D eigenvalue weighted by molar-refractivity contribution is -0.132. The summed E-state index contributed by atoms with van der Waals surface area (Å²) in [5.74, 6) is 0.417. The van der Waals surface area contributed by atoms with Gasteiger partial charge in [0.2, 0.25) is 5.91 Å². The van der Waals surface area contributed by atoms with Gasteiger partial charge in [-0.2, -0.15) is 11.8 Å². The van der Waals surface area contributed by atoms with Crippen LogP contribution in [-0.4, -0.2) is 37.6 Å². The molecule has 0 bridgehead atoms. The van der Waals surface area contributed by atoms with Gasteiger partial charge < -0.3 is 0 Å². The number of hydroxylamine groups is 1. The molecule has 9 heteroatoms. The van der Waals surface area contributed by atoms with Crippen LogP contribution in [0.4, 0.5) is 0 Å². The van der Waals surface area contributed by atoms with Crippen LogP contribution in [0, 0.1) is 5.92 Å². The highest BCUT2D eigenvalue weighted by Gasteiger charge is 2.19. The summed E-state index contributed by atoms with van der Waals surface area (Å²) >= 11 is 7.60. The van der Waals surface area contributed by atoms with Crippen molar-refractivity contribution in [1.29, 1.82) is 0 Å². The van der Waals surface area contributed by atoms with Crippen molar-refractivity contribution in [1.82, 2.24) is 20.5 Å². The van der Waals surface area contributed by atoms with Crippen molar-refractivity contribution in [3.63, 3.8) is 0 Å². The van der Waals surface area contributed by atoms with Gasteiger partial charge in [-0.05, 0) is 59.6 Å². The first-order chi connectivity index (χ1) is 17.0. The Morgan fingerprint density at radius 3 is 2.43 bits per heavy atom. The predicted molar refractivity (Wildman–Crippen MR) is 140 cm³/mol. The van der Waals surface area contributed by atoms with E-state index in [-0.39, 0.29) is 12.1 Å². The largest absolute Gasteiger partial charge is 0.289 e. The Morgan fingerprint density at radius 2 is 1.71 bits per heavy atom. The fourth-order valence-corrected chi connectivity index (χ4v) is 5.03. The van der Waals surface area contributed by atoms with Gasteiger partial charge in [0, 0.05) is 17.3 Å². The van der Waals surface area contributed by atoms with Gasteiger partial charge in [0.15, 0.2) is 0 Å².